The molecule has 0 radical (unpaired) electrons. The highest BCUT2D eigenvalue weighted by atomic mass is 16.1. The van der Waals surface area contributed by atoms with E-state index in [0.29, 0.717) is 12.2 Å². The van der Waals surface area contributed by atoms with Crippen molar-refractivity contribution in [3.8, 4) is 0 Å². The van der Waals surface area contributed by atoms with Gasteiger partial charge in [0.05, 0.1) is 5.69 Å². The first-order valence-corrected chi connectivity index (χ1v) is 13.7. The summed E-state index contributed by atoms with van der Waals surface area (Å²) < 4.78 is 5.39. The number of hydrogen-bond acceptors (Lipinski definition) is 3. The van der Waals surface area contributed by atoms with E-state index in [4.69, 9.17) is 0 Å². The molecule has 1 atom stereocenters. The van der Waals surface area contributed by atoms with Gasteiger partial charge in [-0.3, -0.25) is 13.9 Å². The zero-order valence-corrected chi connectivity index (χ0v) is 27.3. The Balaban J connectivity index is 0.000000261. The Labute approximate surface area is 236 Å². The van der Waals surface area contributed by atoms with Gasteiger partial charge in [0.25, 0.3) is 0 Å². The van der Waals surface area contributed by atoms with E-state index in [1.54, 1.807) is 23.2 Å². The summed E-state index contributed by atoms with van der Waals surface area (Å²) >= 11 is 0. The minimum Gasteiger partial charge on any atom is -0.335 e. The molecule has 2 aliphatic rings. The van der Waals surface area contributed by atoms with Crippen molar-refractivity contribution in [3.05, 3.63) is 84.7 Å². The van der Waals surface area contributed by atoms with Crippen LogP contribution in [0, 0.1) is 40.5 Å². The summed E-state index contributed by atoms with van der Waals surface area (Å²) in [4.78, 5) is 26.4. The fourth-order valence-corrected chi connectivity index (χ4v) is 4.51. The molecule has 0 aromatic carbocycles. The lowest BCUT2D eigenvalue weighted by molar-refractivity contribution is -0.119. The molecule has 0 saturated carbocycles. The number of aryl methyl sites for hydroxylation is 2. The van der Waals surface area contributed by atoms with Crippen LogP contribution < -0.4 is 5.69 Å². The second-order valence-electron chi connectivity index (χ2n) is 11.3. The van der Waals surface area contributed by atoms with Crippen LogP contribution in [-0.4, -0.2) is 24.5 Å². The minimum absolute atomic E-state index is 0.0509. The number of imidazole rings is 2. The van der Waals surface area contributed by atoms with Crippen LogP contribution in [0.1, 0.15) is 89.9 Å². The summed E-state index contributed by atoms with van der Waals surface area (Å²) in [7, 11) is 5.60. The van der Waals surface area contributed by atoms with Crippen LogP contribution in [-0.2, 0) is 25.9 Å². The largest absolute Gasteiger partial charge is 0.335 e. The molecule has 0 fully saturated rings. The van der Waals surface area contributed by atoms with Gasteiger partial charge in [0.1, 0.15) is 11.6 Å². The Morgan fingerprint density at radius 2 is 1.10 bits per heavy atom. The van der Waals surface area contributed by atoms with E-state index in [0.717, 1.165) is 29.3 Å². The smallest absolute Gasteiger partial charge is 0.328 e. The van der Waals surface area contributed by atoms with E-state index in [-0.39, 0.29) is 11.6 Å². The van der Waals surface area contributed by atoms with Gasteiger partial charge in [-0.25, -0.2) is 9.78 Å². The Bertz CT molecular complexity index is 1320. The molecule has 2 aliphatic carbocycles. The number of carbonyl (C=O) groups excluding carboxylic acids is 1. The first kappa shape index (κ1) is 33.9. The summed E-state index contributed by atoms with van der Waals surface area (Å²) in [6.45, 7) is 28.8. The molecular formula is C33H52N4O2. The Kier molecular flexibility index (Phi) is 12.0. The molecule has 2 aromatic heterocycles. The lowest BCUT2D eigenvalue weighted by Crippen LogP contribution is -2.20. The maximum absolute atomic E-state index is 11.1. The highest BCUT2D eigenvalue weighted by Crippen LogP contribution is 2.32. The van der Waals surface area contributed by atoms with E-state index < -0.39 is 0 Å². The van der Waals surface area contributed by atoms with E-state index in [9.17, 15) is 9.59 Å². The molecule has 39 heavy (non-hydrogen) atoms. The molecular weight excluding hydrogens is 484 g/mol. The Morgan fingerprint density at radius 3 is 1.28 bits per heavy atom. The number of ketones is 1. The fraction of sp³-hybridized carbons (Fsp3) is 0.545. The number of nitrogens with zero attached hydrogens (tertiary/aromatic N) is 4. The second kappa shape index (κ2) is 13.8. The van der Waals surface area contributed by atoms with Crippen LogP contribution in [0.25, 0.3) is 0 Å². The van der Waals surface area contributed by atoms with E-state index in [1.807, 2.05) is 55.5 Å². The second-order valence-corrected chi connectivity index (χ2v) is 11.3. The number of aromatic nitrogens is 4. The predicted molar refractivity (Wildman–Crippen MR) is 165 cm³/mol. The lowest BCUT2D eigenvalue weighted by atomic mass is 9.86. The van der Waals surface area contributed by atoms with Crippen molar-refractivity contribution >= 4 is 5.78 Å². The van der Waals surface area contributed by atoms with E-state index >= 15 is 0 Å². The van der Waals surface area contributed by atoms with Crippen molar-refractivity contribution in [1.29, 1.82) is 0 Å². The van der Waals surface area contributed by atoms with Crippen molar-refractivity contribution in [3.63, 3.8) is 0 Å². The molecule has 6 nitrogen and oxygen atoms in total. The topological polar surface area (TPSA) is 61.8 Å². The van der Waals surface area contributed by atoms with E-state index in [1.165, 1.54) is 44.7 Å². The van der Waals surface area contributed by atoms with Crippen molar-refractivity contribution in [2.24, 2.45) is 27.1 Å². The van der Waals surface area contributed by atoms with Gasteiger partial charge < -0.3 is 4.57 Å². The molecule has 0 bridgehead atoms. The van der Waals surface area contributed by atoms with Gasteiger partial charge in [-0.2, -0.15) is 0 Å². The zero-order valence-electron chi connectivity index (χ0n) is 27.3. The average Bonchev–Trinajstić information content (AvgIpc) is 3.33. The molecule has 6 heteroatoms. The molecule has 216 valence electrons. The third-order valence-corrected chi connectivity index (χ3v) is 8.91. The molecule has 4 rings (SSSR count). The van der Waals surface area contributed by atoms with Gasteiger partial charge in [-0.05, 0) is 99.3 Å². The number of carbonyl (C=O) groups is 1. The fourth-order valence-electron chi connectivity index (χ4n) is 4.51. The molecule has 0 saturated heterocycles. The predicted octanol–water partition coefficient (Wildman–Crippen LogP) is 7.24. The maximum Gasteiger partial charge on any atom is 0.328 e. The number of allylic oxidation sites excluding steroid dienone is 7. The average molecular weight is 537 g/mol. The van der Waals surface area contributed by atoms with Crippen molar-refractivity contribution in [2.45, 2.75) is 95.9 Å². The van der Waals surface area contributed by atoms with Crippen LogP contribution in [0.2, 0.25) is 0 Å². The molecule has 0 amide bonds. The lowest BCUT2D eigenvalue weighted by Gasteiger charge is -2.20. The van der Waals surface area contributed by atoms with Gasteiger partial charge in [-0.15, -0.1) is 0 Å². The monoisotopic (exact) mass is 536 g/mol. The summed E-state index contributed by atoms with van der Waals surface area (Å²) in [5, 5.41) is 0. The first-order valence-electron chi connectivity index (χ1n) is 13.7. The molecule has 0 N–H and O–H groups in total. The first-order chi connectivity index (χ1) is 17.8. The van der Waals surface area contributed by atoms with Gasteiger partial charge in [-0.1, -0.05) is 35.8 Å². The third-order valence-electron chi connectivity index (χ3n) is 8.91. The maximum atomic E-state index is 11.1. The van der Waals surface area contributed by atoms with Crippen molar-refractivity contribution in [2.75, 3.05) is 0 Å². The quantitative estimate of drug-likeness (QED) is 0.334. The minimum atomic E-state index is 0.0509. The zero-order chi connectivity index (χ0) is 30.5. The van der Waals surface area contributed by atoms with Crippen LogP contribution in [0.15, 0.2) is 50.4 Å². The van der Waals surface area contributed by atoms with Crippen molar-refractivity contribution in [1.82, 2.24) is 18.7 Å². The van der Waals surface area contributed by atoms with E-state index in [2.05, 4.69) is 50.7 Å². The SMILES string of the molecule is C=C1C(C)=C(C)CC(C)=C1C.CC1=C(C)C(C)C(=O)C1.Cc1c(C)n(C)c(=O)n1C.Cc1nc(C)n(C)c1C. The number of hydrogen-bond donors (Lipinski definition) is 0. The highest BCUT2D eigenvalue weighted by Gasteiger charge is 2.23. The summed E-state index contributed by atoms with van der Waals surface area (Å²) in [5.41, 5.74) is 14.0. The molecule has 2 heterocycles. The molecule has 2 aromatic rings. The summed E-state index contributed by atoms with van der Waals surface area (Å²) in [6, 6.07) is 0. The van der Waals surface area contributed by atoms with Gasteiger partial charge in [0.2, 0.25) is 0 Å². The number of Topliss-reactive ketones (excluding diaryl/α,β-unsaturated/α-hetero) is 1. The highest BCUT2D eigenvalue weighted by molar-refractivity contribution is 5.89. The summed E-state index contributed by atoms with van der Waals surface area (Å²) in [5.74, 6) is 1.67. The Morgan fingerprint density at radius 1 is 0.667 bits per heavy atom. The standard InChI is InChI=1S/C11H16.C8H12O.C7H12N2O.C7H12N2/c1-7-6-8(2)10(4)11(5)9(7)3;1-5-4-8(9)7(3)6(5)2;1-5-6(2)9(4)7(10)8(5)3;1-5-6(2)9(4)7(3)8-5/h5-6H2,1-4H3;7H,4H2,1-3H3;1-4H3;1-4H3. The summed E-state index contributed by atoms with van der Waals surface area (Å²) in [6.07, 6.45) is 1.82. The molecule has 1 unspecified atom stereocenters. The van der Waals surface area contributed by atoms with Crippen LogP contribution in [0.4, 0.5) is 0 Å². The normalized spacial score (nSPS) is 17.1. The molecule has 0 spiro atoms. The molecule has 0 aliphatic heterocycles. The Hall–Kier alpha value is -3.15. The van der Waals surface area contributed by atoms with Gasteiger partial charge in [0.15, 0.2) is 0 Å². The van der Waals surface area contributed by atoms with Crippen LogP contribution >= 0.6 is 0 Å². The third kappa shape index (κ3) is 7.93. The van der Waals surface area contributed by atoms with Gasteiger partial charge in [0, 0.05) is 50.6 Å². The van der Waals surface area contributed by atoms with Crippen LogP contribution in [0.5, 0.6) is 0 Å². The van der Waals surface area contributed by atoms with Crippen molar-refractivity contribution < 1.29 is 4.79 Å². The van der Waals surface area contributed by atoms with Crippen LogP contribution in [0.3, 0.4) is 0 Å². The van der Waals surface area contributed by atoms with Gasteiger partial charge >= 0.3 is 5.69 Å². The number of rotatable bonds is 0.